The molecule has 158 valence electrons. The third-order valence-corrected chi connectivity index (χ3v) is 7.27. The largest absolute Gasteiger partial charge is 0.497 e. The second kappa shape index (κ2) is 8.76. The zero-order valence-electron chi connectivity index (χ0n) is 17.7. The zero-order valence-corrected chi connectivity index (χ0v) is 17.7. The molecule has 0 radical (unpaired) electrons. The van der Waals surface area contributed by atoms with Crippen LogP contribution in [0.25, 0.3) is 0 Å². The average Bonchev–Trinajstić information content (AvgIpc) is 3.59. The predicted molar refractivity (Wildman–Crippen MR) is 113 cm³/mol. The highest BCUT2D eigenvalue weighted by atomic mass is 16.5. The molecule has 2 heterocycles. The molecule has 1 aromatic rings. The van der Waals surface area contributed by atoms with Gasteiger partial charge in [0.25, 0.3) is 0 Å². The van der Waals surface area contributed by atoms with Crippen LogP contribution in [-0.4, -0.2) is 54.9 Å². The van der Waals surface area contributed by atoms with Crippen LogP contribution in [-0.2, 0) is 16.0 Å². The number of aryl methyl sites for hydroxylation is 1. The summed E-state index contributed by atoms with van der Waals surface area (Å²) in [6.45, 7) is 3.59. The van der Waals surface area contributed by atoms with Gasteiger partial charge in [-0.2, -0.15) is 0 Å². The summed E-state index contributed by atoms with van der Waals surface area (Å²) in [4.78, 5) is 29.4. The SMILES string of the molecule is COc1ccc(CCC(=O)N2CCC3(CCC(=O)N(CC4CC4)CC3)CC2)cc1. The minimum Gasteiger partial charge on any atom is -0.497 e. The molecule has 0 aromatic heterocycles. The van der Waals surface area contributed by atoms with Crippen LogP contribution in [0.5, 0.6) is 5.75 Å². The first-order valence-electron chi connectivity index (χ1n) is 11.3. The number of carbonyl (C=O) groups is 2. The van der Waals surface area contributed by atoms with E-state index >= 15 is 0 Å². The average molecular weight is 399 g/mol. The fourth-order valence-corrected chi connectivity index (χ4v) is 4.89. The highest BCUT2D eigenvalue weighted by molar-refractivity contribution is 5.77. The molecule has 1 saturated carbocycles. The topological polar surface area (TPSA) is 49.9 Å². The third kappa shape index (κ3) is 5.12. The van der Waals surface area contributed by atoms with Gasteiger partial charge < -0.3 is 14.5 Å². The molecule has 1 spiro atoms. The summed E-state index contributed by atoms with van der Waals surface area (Å²) in [5.74, 6) is 2.22. The van der Waals surface area contributed by atoms with Crippen LogP contribution in [0.15, 0.2) is 24.3 Å². The Bertz CT molecular complexity index is 718. The first kappa shape index (κ1) is 20.2. The lowest BCUT2D eigenvalue weighted by Crippen LogP contribution is -2.43. The molecule has 0 atom stereocenters. The molecule has 1 aliphatic carbocycles. The van der Waals surface area contributed by atoms with Gasteiger partial charge in [0.2, 0.25) is 11.8 Å². The number of carbonyl (C=O) groups excluding carboxylic acids is 2. The number of methoxy groups -OCH3 is 1. The lowest BCUT2D eigenvalue weighted by Gasteiger charge is -2.41. The van der Waals surface area contributed by atoms with E-state index in [0.29, 0.717) is 18.7 Å². The van der Waals surface area contributed by atoms with Crippen molar-refractivity contribution >= 4 is 11.8 Å². The van der Waals surface area contributed by atoms with E-state index < -0.39 is 0 Å². The number of nitrogens with zero attached hydrogens (tertiary/aromatic N) is 2. The molecule has 5 nitrogen and oxygen atoms in total. The summed E-state index contributed by atoms with van der Waals surface area (Å²) in [6, 6.07) is 7.97. The summed E-state index contributed by atoms with van der Waals surface area (Å²) in [5, 5.41) is 0. The normalized spacial score (nSPS) is 21.9. The van der Waals surface area contributed by atoms with Crippen molar-refractivity contribution in [1.82, 2.24) is 9.80 Å². The first-order chi connectivity index (χ1) is 14.1. The Hall–Kier alpha value is -2.04. The van der Waals surface area contributed by atoms with E-state index in [1.807, 2.05) is 29.2 Å². The van der Waals surface area contributed by atoms with Crippen molar-refractivity contribution in [2.75, 3.05) is 33.3 Å². The number of benzene rings is 1. The minimum atomic E-state index is 0.260. The highest BCUT2D eigenvalue weighted by Crippen LogP contribution is 2.42. The molecular weight excluding hydrogens is 364 g/mol. The van der Waals surface area contributed by atoms with Gasteiger partial charge in [-0.15, -0.1) is 0 Å². The Balaban J connectivity index is 1.24. The van der Waals surface area contributed by atoms with Crippen molar-refractivity contribution in [2.24, 2.45) is 11.3 Å². The Morgan fingerprint density at radius 1 is 1.07 bits per heavy atom. The standard InChI is InChI=1S/C24H34N2O3/c1-29-21-7-4-19(5-8-21)6-9-22(27)25-15-12-24(13-16-25)11-10-23(28)26(17-14-24)18-20-2-3-20/h4-5,7-8,20H,2-3,6,9-18H2,1H3. The number of hydrogen-bond acceptors (Lipinski definition) is 3. The molecule has 0 unspecified atom stereocenters. The van der Waals surface area contributed by atoms with Crippen LogP contribution in [0.4, 0.5) is 0 Å². The van der Waals surface area contributed by atoms with Crippen LogP contribution >= 0.6 is 0 Å². The molecule has 3 fully saturated rings. The maximum absolute atomic E-state index is 12.7. The molecule has 29 heavy (non-hydrogen) atoms. The number of ether oxygens (including phenoxy) is 1. The summed E-state index contributed by atoms with van der Waals surface area (Å²) < 4.78 is 5.19. The van der Waals surface area contributed by atoms with Crippen molar-refractivity contribution in [2.45, 2.75) is 57.8 Å². The maximum atomic E-state index is 12.7. The van der Waals surface area contributed by atoms with Crippen LogP contribution in [0.3, 0.4) is 0 Å². The lowest BCUT2D eigenvalue weighted by molar-refractivity contribution is -0.134. The van der Waals surface area contributed by atoms with Crippen LogP contribution in [0.2, 0.25) is 0 Å². The summed E-state index contributed by atoms with van der Waals surface area (Å²) in [5.41, 5.74) is 1.44. The van der Waals surface area contributed by atoms with Gasteiger partial charge in [0, 0.05) is 39.0 Å². The lowest BCUT2D eigenvalue weighted by atomic mass is 9.73. The molecule has 4 rings (SSSR count). The van der Waals surface area contributed by atoms with Gasteiger partial charge in [-0.1, -0.05) is 12.1 Å². The highest BCUT2D eigenvalue weighted by Gasteiger charge is 2.39. The van der Waals surface area contributed by atoms with Gasteiger partial charge in [-0.3, -0.25) is 9.59 Å². The van der Waals surface area contributed by atoms with E-state index in [1.165, 1.54) is 18.4 Å². The van der Waals surface area contributed by atoms with Crippen molar-refractivity contribution < 1.29 is 14.3 Å². The fraction of sp³-hybridized carbons (Fsp3) is 0.667. The predicted octanol–water partition coefficient (Wildman–Crippen LogP) is 3.66. The minimum absolute atomic E-state index is 0.260. The number of hydrogen-bond donors (Lipinski definition) is 0. The van der Waals surface area contributed by atoms with Crippen LogP contribution in [0.1, 0.15) is 56.9 Å². The van der Waals surface area contributed by atoms with Crippen molar-refractivity contribution in [3.05, 3.63) is 29.8 Å². The zero-order chi connectivity index (χ0) is 20.3. The van der Waals surface area contributed by atoms with E-state index in [1.54, 1.807) is 7.11 Å². The Morgan fingerprint density at radius 2 is 1.76 bits per heavy atom. The Kier molecular flexibility index (Phi) is 6.12. The van der Waals surface area contributed by atoms with Gasteiger partial charge >= 0.3 is 0 Å². The van der Waals surface area contributed by atoms with Crippen molar-refractivity contribution in [3.8, 4) is 5.75 Å². The summed E-state index contributed by atoms with van der Waals surface area (Å²) in [6.07, 6.45) is 8.82. The second-order valence-electron chi connectivity index (χ2n) is 9.26. The summed E-state index contributed by atoms with van der Waals surface area (Å²) >= 11 is 0. The second-order valence-corrected chi connectivity index (χ2v) is 9.26. The number of rotatable bonds is 6. The molecule has 0 N–H and O–H groups in total. The molecule has 3 aliphatic rings. The molecule has 2 amide bonds. The molecule has 5 heteroatoms. The summed E-state index contributed by atoms with van der Waals surface area (Å²) in [7, 11) is 1.66. The smallest absolute Gasteiger partial charge is 0.222 e. The van der Waals surface area contributed by atoms with Gasteiger partial charge in [0.15, 0.2) is 0 Å². The van der Waals surface area contributed by atoms with Crippen molar-refractivity contribution in [3.63, 3.8) is 0 Å². The van der Waals surface area contributed by atoms with Gasteiger partial charge in [0.05, 0.1) is 7.11 Å². The fourth-order valence-electron chi connectivity index (χ4n) is 4.89. The molecule has 1 aromatic carbocycles. The maximum Gasteiger partial charge on any atom is 0.222 e. The van der Waals surface area contributed by atoms with E-state index in [9.17, 15) is 9.59 Å². The number of amides is 2. The molecule has 2 saturated heterocycles. The van der Waals surface area contributed by atoms with E-state index in [4.69, 9.17) is 4.74 Å². The monoisotopic (exact) mass is 398 g/mol. The van der Waals surface area contributed by atoms with Crippen LogP contribution < -0.4 is 4.74 Å². The Morgan fingerprint density at radius 3 is 2.41 bits per heavy atom. The molecule has 2 aliphatic heterocycles. The Labute approximate surface area is 174 Å². The first-order valence-corrected chi connectivity index (χ1v) is 11.3. The molecule has 0 bridgehead atoms. The third-order valence-electron chi connectivity index (χ3n) is 7.27. The van der Waals surface area contributed by atoms with E-state index in [2.05, 4.69) is 4.90 Å². The number of likely N-dealkylation sites (tertiary alicyclic amines) is 2. The number of piperidine rings is 1. The van der Waals surface area contributed by atoms with Gasteiger partial charge in [-0.25, -0.2) is 0 Å². The van der Waals surface area contributed by atoms with Crippen molar-refractivity contribution in [1.29, 1.82) is 0 Å². The molecular formula is C24H34N2O3. The van der Waals surface area contributed by atoms with E-state index in [0.717, 1.165) is 70.0 Å². The van der Waals surface area contributed by atoms with Crippen LogP contribution in [0, 0.1) is 11.3 Å². The van der Waals surface area contributed by atoms with Gasteiger partial charge in [-0.05, 0) is 74.0 Å². The van der Waals surface area contributed by atoms with Gasteiger partial charge in [0.1, 0.15) is 5.75 Å². The quantitative estimate of drug-likeness (QED) is 0.735. The van der Waals surface area contributed by atoms with E-state index in [-0.39, 0.29) is 11.3 Å².